The van der Waals surface area contributed by atoms with E-state index >= 15 is 0 Å². The number of hydrogen-bond donors (Lipinski definition) is 2. The largest absolute Gasteiger partial charge is 0.341 e. The molecule has 2 heterocycles. The van der Waals surface area contributed by atoms with Gasteiger partial charge in [0.1, 0.15) is 5.82 Å². The lowest BCUT2D eigenvalue weighted by atomic mass is 10.1. The summed E-state index contributed by atoms with van der Waals surface area (Å²) in [5.41, 5.74) is 3.15. The van der Waals surface area contributed by atoms with Gasteiger partial charge in [0.15, 0.2) is 0 Å². The second-order valence-electron chi connectivity index (χ2n) is 6.19. The number of carbonyl (C=O) groups excluding carboxylic acids is 1. The minimum absolute atomic E-state index is 0.138. The number of rotatable bonds is 4. The van der Waals surface area contributed by atoms with Crippen LogP contribution in [0.3, 0.4) is 0 Å². The standard InChI is InChI=1S/C18H17N5OS/c1-23(2)10-17-21-14-5-4-13(8-15(14)22-17)20-18(24)11-3-6-16-12(7-11)9-19-25-16/h3-9H,10H2,1-2H3,(H,20,24)(H,21,22). The van der Waals surface area contributed by atoms with E-state index in [1.165, 1.54) is 11.5 Å². The molecule has 2 aromatic carbocycles. The van der Waals surface area contributed by atoms with E-state index in [2.05, 4.69) is 24.6 Å². The van der Waals surface area contributed by atoms with Gasteiger partial charge in [-0.15, -0.1) is 0 Å². The van der Waals surface area contributed by atoms with Crippen LogP contribution < -0.4 is 5.32 Å². The highest BCUT2D eigenvalue weighted by Crippen LogP contribution is 2.21. The second-order valence-corrected chi connectivity index (χ2v) is 7.02. The van der Waals surface area contributed by atoms with Crippen LogP contribution in [0.2, 0.25) is 0 Å². The molecule has 0 fully saturated rings. The van der Waals surface area contributed by atoms with Crippen molar-refractivity contribution >= 4 is 44.2 Å². The normalized spacial score (nSPS) is 11.5. The molecule has 1 amide bonds. The van der Waals surface area contributed by atoms with Crippen molar-refractivity contribution in [3.8, 4) is 0 Å². The van der Waals surface area contributed by atoms with Crippen LogP contribution in [0, 0.1) is 0 Å². The number of fused-ring (bicyclic) bond motifs is 2. The maximum Gasteiger partial charge on any atom is 0.255 e. The highest BCUT2D eigenvalue weighted by atomic mass is 32.1. The van der Waals surface area contributed by atoms with Gasteiger partial charge in [-0.05, 0) is 62.0 Å². The molecular weight excluding hydrogens is 334 g/mol. The molecule has 0 radical (unpaired) electrons. The molecule has 6 nitrogen and oxygen atoms in total. The molecule has 126 valence electrons. The Morgan fingerprint density at radius 1 is 1.24 bits per heavy atom. The number of nitrogens with one attached hydrogen (secondary N) is 2. The van der Waals surface area contributed by atoms with Gasteiger partial charge in [0.25, 0.3) is 5.91 Å². The first-order valence-electron chi connectivity index (χ1n) is 7.88. The van der Waals surface area contributed by atoms with Crippen molar-refractivity contribution in [3.63, 3.8) is 0 Å². The van der Waals surface area contributed by atoms with Crippen LogP contribution in [0.1, 0.15) is 16.2 Å². The molecule has 0 bridgehead atoms. The molecule has 0 atom stereocenters. The van der Waals surface area contributed by atoms with Crippen LogP contribution in [0.5, 0.6) is 0 Å². The summed E-state index contributed by atoms with van der Waals surface area (Å²) in [6.45, 7) is 0.741. The fourth-order valence-corrected chi connectivity index (χ4v) is 3.36. The third-order valence-electron chi connectivity index (χ3n) is 3.87. The summed E-state index contributed by atoms with van der Waals surface area (Å²) in [6, 6.07) is 11.3. The number of aromatic amines is 1. The number of aromatic nitrogens is 3. The molecule has 0 unspecified atom stereocenters. The molecule has 25 heavy (non-hydrogen) atoms. The number of nitrogens with zero attached hydrogens (tertiary/aromatic N) is 3. The van der Waals surface area contributed by atoms with Crippen molar-refractivity contribution in [2.75, 3.05) is 19.4 Å². The molecule has 0 aliphatic rings. The van der Waals surface area contributed by atoms with E-state index in [1.807, 2.05) is 50.5 Å². The van der Waals surface area contributed by atoms with E-state index in [4.69, 9.17) is 0 Å². The summed E-state index contributed by atoms with van der Waals surface area (Å²) < 4.78 is 5.21. The van der Waals surface area contributed by atoms with Crippen molar-refractivity contribution in [3.05, 3.63) is 54.0 Å². The summed E-state index contributed by atoms with van der Waals surface area (Å²) in [6.07, 6.45) is 1.78. The highest BCUT2D eigenvalue weighted by molar-refractivity contribution is 7.13. The van der Waals surface area contributed by atoms with E-state index in [1.54, 1.807) is 6.20 Å². The summed E-state index contributed by atoms with van der Waals surface area (Å²) in [5, 5.41) is 3.92. The molecule has 0 spiro atoms. The smallest absolute Gasteiger partial charge is 0.255 e. The van der Waals surface area contributed by atoms with Gasteiger partial charge in [-0.1, -0.05) is 0 Å². The zero-order chi connectivity index (χ0) is 17.4. The molecule has 4 rings (SSSR count). The summed E-state index contributed by atoms with van der Waals surface area (Å²) in [7, 11) is 4.00. The van der Waals surface area contributed by atoms with Gasteiger partial charge in [-0.25, -0.2) is 4.98 Å². The Hall–Kier alpha value is -2.77. The molecule has 0 saturated carbocycles. The van der Waals surface area contributed by atoms with Gasteiger partial charge in [-0.2, -0.15) is 4.37 Å². The lowest BCUT2D eigenvalue weighted by molar-refractivity contribution is 0.102. The topological polar surface area (TPSA) is 73.9 Å². The summed E-state index contributed by atoms with van der Waals surface area (Å²) in [4.78, 5) is 22.4. The predicted molar refractivity (Wildman–Crippen MR) is 101 cm³/mol. The van der Waals surface area contributed by atoms with Crippen molar-refractivity contribution < 1.29 is 4.79 Å². The van der Waals surface area contributed by atoms with Crippen LogP contribution in [-0.2, 0) is 6.54 Å². The Kier molecular flexibility index (Phi) is 3.95. The molecule has 2 N–H and O–H groups in total. The SMILES string of the molecule is CN(C)Cc1nc2ccc(NC(=O)c3ccc4sncc4c3)cc2[nH]1. The Labute approximate surface area is 148 Å². The predicted octanol–water partition coefficient (Wildman–Crippen LogP) is 3.49. The average molecular weight is 351 g/mol. The number of imidazole rings is 1. The Morgan fingerprint density at radius 2 is 2.12 bits per heavy atom. The molecule has 0 aliphatic carbocycles. The molecule has 4 aromatic rings. The van der Waals surface area contributed by atoms with Gasteiger partial charge < -0.3 is 15.2 Å². The number of hydrogen-bond acceptors (Lipinski definition) is 5. The molecule has 2 aromatic heterocycles. The monoisotopic (exact) mass is 351 g/mol. The van der Waals surface area contributed by atoms with E-state index in [0.717, 1.165) is 39.2 Å². The van der Waals surface area contributed by atoms with Gasteiger partial charge >= 0.3 is 0 Å². The summed E-state index contributed by atoms with van der Waals surface area (Å²) >= 11 is 1.42. The lowest BCUT2D eigenvalue weighted by Gasteiger charge is -2.05. The van der Waals surface area contributed by atoms with Crippen molar-refractivity contribution in [1.82, 2.24) is 19.2 Å². The first kappa shape index (κ1) is 15.7. The zero-order valence-corrected chi connectivity index (χ0v) is 14.7. The number of anilines is 1. The average Bonchev–Trinajstić information content (AvgIpc) is 3.18. The Morgan fingerprint density at radius 3 is 2.96 bits per heavy atom. The number of carbonyl (C=O) groups is 1. The Bertz CT molecular complexity index is 1070. The third kappa shape index (κ3) is 3.24. The first-order chi connectivity index (χ1) is 12.1. The zero-order valence-electron chi connectivity index (χ0n) is 13.9. The number of benzene rings is 2. The van der Waals surface area contributed by atoms with Crippen LogP contribution in [-0.4, -0.2) is 39.2 Å². The molecule has 0 aliphatic heterocycles. The minimum atomic E-state index is -0.138. The van der Waals surface area contributed by atoms with Gasteiger partial charge in [0, 0.05) is 22.8 Å². The fraction of sp³-hybridized carbons (Fsp3) is 0.167. The van der Waals surface area contributed by atoms with E-state index < -0.39 is 0 Å². The molecule has 7 heteroatoms. The lowest BCUT2D eigenvalue weighted by Crippen LogP contribution is -2.11. The molecule has 0 saturated heterocycles. The first-order valence-corrected chi connectivity index (χ1v) is 8.65. The Balaban J connectivity index is 1.57. The van der Waals surface area contributed by atoms with Crippen LogP contribution >= 0.6 is 11.5 Å². The number of amides is 1. The van der Waals surface area contributed by atoms with Gasteiger partial charge in [0.2, 0.25) is 0 Å². The maximum atomic E-state index is 12.5. The highest BCUT2D eigenvalue weighted by Gasteiger charge is 2.10. The van der Waals surface area contributed by atoms with Crippen molar-refractivity contribution in [2.24, 2.45) is 0 Å². The van der Waals surface area contributed by atoms with Crippen LogP contribution in [0.15, 0.2) is 42.6 Å². The van der Waals surface area contributed by atoms with E-state index in [9.17, 15) is 4.79 Å². The number of H-pyrrole nitrogens is 1. The second kappa shape index (κ2) is 6.27. The van der Waals surface area contributed by atoms with Crippen LogP contribution in [0.25, 0.3) is 21.1 Å². The van der Waals surface area contributed by atoms with Crippen molar-refractivity contribution in [1.29, 1.82) is 0 Å². The summed E-state index contributed by atoms with van der Waals surface area (Å²) in [5.74, 6) is 0.763. The van der Waals surface area contributed by atoms with E-state index in [0.29, 0.717) is 5.56 Å². The molecular formula is C18H17N5OS. The van der Waals surface area contributed by atoms with Gasteiger partial charge in [-0.3, -0.25) is 4.79 Å². The quantitative estimate of drug-likeness (QED) is 0.590. The maximum absolute atomic E-state index is 12.5. The third-order valence-corrected chi connectivity index (χ3v) is 4.65. The fourth-order valence-electron chi connectivity index (χ4n) is 2.73. The van der Waals surface area contributed by atoms with Crippen LogP contribution in [0.4, 0.5) is 5.69 Å². The minimum Gasteiger partial charge on any atom is -0.341 e. The van der Waals surface area contributed by atoms with Gasteiger partial charge in [0.05, 0.1) is 22.3 Å². The van der Waals surface area contributed by atoms with Crippen molar-refractivity contribution in [2.45, 2.75) is 6.54 Å². The van der Waals surface area contributed by atoms with E-state index in [-0.39, 0.29) is 5.91 Å².